The number of benzene rings is 1. The summed E-state index contributed by atoms with van der Waals surface area (Å²) in [5.41, 5.74) is 0.914. The van der Waals surface area contributed by atoms with Gasteiger partial charge in [-0.15, -0.1) is 0 Å². The molecule has 1 aliphatic carbocycles. The van der Waals surface area contributed by atoms with Gasteiger partial charge in [0, 0.05) is 5.02 Å². The first-order valence-corrected chi connectivity index (χ1v) is 8.80. The van der Waals surface area contributed by atoms with Crippen LogP contribution in [0.25, 0.3) is 6.08 Å². The smallest absolute Gasteiger partial charge is 0.137 e. The maximum atomic E-state index is 11.7. The molecule has 0 amide bonds. The summed E-state index contributed by atoms with van der Waals surface area (Å²) in [6.07, 6.45) is 9.36. The summed E-state index contributed by atoms with van der Waals surface area (Å²) >= 11 is 5.99. The highest BCUT2D eigenvalue weighted by molar-refractivity contribution is 6.30. The van der Waals surface area contributed by atoms with Crippen molar-refractivity contribution in [1.82, 2.24) is 14.8 Å². The number of aromatic nitrogens is 3. The monoisotopic (exact) mass is 345 g/mol. The highest BCUT2D eigenvalue weighted by Gasteiger charge is 2.47. The topological polar surface area (TPSA) is 50.9 Å². The molecule has 3 rings (SSSR count). The second-order valence-electron chi connectivity index (χ2n) is 7.27. The van der Waals surface area contributed by atoms with Crippen molar-refractivity contribution in [2.45, 2.75) is 51.7 Å². The maximum absolute atomic E-state index is 11.7. The fraction of sp³-hybridized carbons (Fsp3) is 0.474. The highest BCUT2D eigenvalue weighted by Crippen LogP contribution is 2.46. The van der Waals surface area contributed by atoms with Crippen molar-refractivity contribution in [3.05, 3.63) is 53.1 Å². The normalized spacial score (nSPS) is 25.6. The van der Waals surface area contributed by atoms with Crippen molar-refractivity contribution in [2.75, 3.05) is 0 Å². The van der Waals surface area contributed by atoms with Crippen molar-refractivity contribution >= 4 is 17.7 Å². The minimum atomic E-state index is -0.961. The van der Waals surface area contributed by atoms with Crippen LogP contribution in [0.3, 0.4) is 0 Å². The Bertz CT molecular complexity index is 707. The van der Waals surface area contributed by atoms with Gasteiger partial charge in [-0.2, -0.15) is 5.10 Å². The Balaban J connectivity index is 2.03. The minimum Gasteiger partial charge on any atom is -0.383 e. The Morgan fingerprint density at radius 1 is 1.25 bits per heavy atom. The highest BCUT2D eigenvalue weighted by atomic mass is 35.5. The standard InChI is InChI=1S/C19H24ClN3O/c1-18(2)10-4-3-5-16(11-15-6-8-17(20)9-7-15)19(18,24)12-23-14-21-13-22-23/h6-9,11,13-14,24H,3-5,10,12H2,1-2H3. The largest absolute Gasteiger partial charge is 0.383 e. The number of nitrogens with zero attached hydrogens (tertiary/aromatic N) is 3. The predicted molar refractivity (Wildman–Crippen MR) is 96.6 cm³/mol. The molecule has 1 saturated carbocycles. The van der Waals surface area contributed by atoms with E-state index >= 15 is 0 Å². The third-order valence-corrected chi connectivity index (χ3v) is 5.47. The SMILES string of the molecule is CC1(C)CCCCC(=Cc2ccc(Cl)cc2)C1(O)Cn1cncn1. The van der Waals surface area contributed by atoms with Gasteiger partial charge in [-0.3, -0.25) is 0 Å². The molecule has 1 heterocycles. The molecular weight excluding hydrogens is 322 g/mol. The van der Waals surface area contributed by atoms with Crippen LogP contribution in [0.4, 0.5) is 0 Å². The van der Waals surface area contributed by atoms with Crippen molar-refractivity contribution in [2.24, 2.45) is 5.41 Å². The molecule has 1 unspecified atom stereocenters. The van der Waals surface area contributed by atoms with E-state index in [9.17, 15) is 5.11 Å². The summed E-state index contributed by atoms with van der Waals surface area (Å²) in [6, 6.07) is 7.74. The van der Waals surface area contributed by atoms with E-state index in [0.29, 0.717) is 6.54 Å². The first kappa shape index (κ1) is 17.2. The zero-order valence-electron chi connectivity index (χ0n) is 14.2. The van der Waals surface area contributed by atoms with Crippen LogP contribution in [0, 0.1) is 5.41 Å². The van der Waals surface area contributed by atoms with Gasteiger partial charge in [0.15, 0.2) is 0 Å². The van der Waals surface area contributed by atoms with Crippen LogP contribution in [0.2, 0.25) is 5.02 Å². The molecule has 24 heavy (non-hydrogen) atoms. The van der Waals surface area contributed by atoms with Gasteiger partial charge in [0.2, 0.25) is 0 Å². The summed E-state index contributed by atoms with van der Waals surface area (Å²) in [5.74, 6) is 0. The van der Waals surface area contributed by atoms with Crippen molar-refractivity contribution in [3.8, 4) is 0 Å². The van der Waals surface area contributed by atoms with Gasteiger partial charge in [-0.05, 0) is 47.9 Å². The molecule has 1 aliphatic rings. The lowest BCUT2D eigenvalue weighted by Crippen LogP contribution is -2.49. The third kappa shape index (κ3) is 3.40. The number of aliphatic hydroxyl groups is 1. The molecule has 128 valence electrons. The molecule has 0 saturated heterocycles. The van der Waals surface area contributed by atoms with E-state index in [0.717, 1.165) is 41.8 Å². The molecule has 0 radical (unpaired) electrons. The lowest BCUT2D eigenvalue weighted by atomic mass is 9.69. The van der Waals surface area contributed by atoms with Crippen LogP contribution in [-0.4, -0.2) is 25.5 Å². The Hall–Kier alpha value is -1.65. The van der Waals surface area contributed by atoms with Crippen LogP contribution in [0.5, 0.6) is 0 Å². The van der Waals surface area contributed by atoms with Crippen molar-refractivity contribution in [3.63, 3.8) is 0 Å². The van der Waals surface area contributed by atoms with Gasteiger partial charge in [0.1, 0.15) is 18.3 Å². The minimum absolute atomic E-state index is 0.242. The van der Waals surface area contributed by atoms with Crippen LogP contribution < -0.4 is 0 Å². The molecule has 1 fully saturated rings. The van der Waals surface area contributed by atoms with Gasteiger partial charge < -0.3 is 5.11 Å². The molecule has 1 aromatic carbocycles. The Labute approximate surface area is 148 Å². The van der Waals surface area contributed by atoms with E-state index in [1.165, 1.54) is 6.33 Å². The molecule has 1 N–H and O–H groups in total. The quantitative estimate of drug-likeness (QED) is 0.841. The first-order chi connectivity index (χ1) is 11.4. The summed E-state index contributed by atoms with van der Waals surface area (Å²) < 4.78 is 1.72. The van der Waals surface area contributed by atoms with E-state index in [1.54, 1.807) is 11.0 Å². The third-order valence-electron chi connectivity index (χ3n) is 5.22. The molecule has 4 nitrogen and oxygen atoms in total. The number of halogens is 1. The lowest BCUT2D eigenvalue weighted by Gasteiger charge is -2.43. The number of hydrogen-bond donors (Lipinski definition) is 1. The second kappa shape index (κ2) is 6.69. The van der Waals surface area contributed by atoms with E-state index in [4.69, 9.17) is 11.6 Å². The molecule has 1 atom stereocenters. The maximum Gasteiger partial charge on any atom is 0.137 e. The fourth-order valence-electron chi connectivity index (χ4n) is 3.55. The van der Waals surface area contributed by atoms with E-state index < -0.39 is 5.60 Å². The van der Waals surface area contributed by atoms with Crippen molar-refractivity contribution < 1.29 is 5.11 Å². The summed E-state index contributed by atoms with van der Waals surface area (Å²) in [4.78, 5) is 4.02. The lowest BCUT2D eigenvalue weighted by molar-refractivity contribution is -0.0517. The van der Waals surface area contributed by atoms with E-state index in [1.807, 2.05) is 24.3 Å². The summed E-state index contributed by atoms with van der Waals surface area (Å²) in [7, 11) is 0. The van der Waals surface area contributed by atoms with Gasteiger partial charge in [0.25, 0.3) is 0 Å². The van der Waals surface area contributed by atoms with Gasteiger partial charge in [-0.25, -0.2) is 9.67 Å². The Morgan fingerprint density at radius 3 is 2.67 bits per heavy atom. The van der Waals surface area contributed by atoms with E-state index in [-0.39, 0.29) is 5.41 Å². The average molecular weight is 346 g/mol. The van der Waals surface area contributed by atoms with Crippen LogP contribution in [0.1, 0.15) is 45.1 Å². The predicted octanol–water partition coefficient (Wildman–Crippen LogP) is 4.35. The van der Waals surface area contributed by atoms with Crippen LogP contribution >= 0.6 is 11.6 Å². The summed E-state index contributed by atoms with van der Waals surface area (Å²) in [5, 5.41) is 16.7. The zero-order valence-corrected chi connectivity index (χ0v) is 15.0. The fourth-order valence-corrected chi connectivity index (χ4v) is 3.67. The molecule has 2 aromatic rings. The van der Waals surface area contributed by atoms with Gasteiger partial charge >= 0.3 is 0 Å². The second-order valence-corrected chi connectivity index (χ2v) is 7.70. The molecule has 0 spiro atoms. The van der Waals surface area contributed by atoms with E-state index in [2.05, 4.69) is 30.0 Å². The summed E-state index contributed by atoms with van der Waals surface area (Å²) in [6.45, 7) is 4.70. The van der Waals surface area contributed by atoms with Crippen LogP contribution in [0.15, 0.2) is 42.5 Å². The Kier molecular flexibility index (Phi) is 4.79. The zero-order chi connectivity index (χ0) is 17.2. The molecule has 5 heteroatoms. The number of hydrogen-bond acceptors (Lipinski definition) is 3. The average Bonchev–Trinajstić information content (AvgIpc) is 3.01. The van der Waals surface area contributed by atoms with Crippen LogP contribution in [-0.2, 0) is 6.54 Å². The van der Waals surface area contributed by atoms with Gasteiger partial charge in [-0.1, -0.05) is 50.1 Å². The first-order valence-electron chi connectivity index (χ1n) is 8.42. The van der Waals surface area contributed by atoms with Crippen molar-refractivity contribution in [1.29, 1.82) is 0 Å². The molecule has 0 bridgehead atoms. The molecule has 0 aliphatic heterocycles. The molecule has 1 aromatic heterocycles. The molecular formula is C19H24ClN3O. The Morgan fingerprint density at radius 2 is 2.00 bits per heavy atom. The number of rotatable bonds is 3. The van der Waals surface area contributed by atoms with Gasteiger partial charge in [0.05, 0.1) is 6.54 Å².